The molecule has 0 saturated heterocycles. The van der Waals surface area contributed by atoms with Crippen LogP contribution in [-0.4, -0.2) is 22.8 Å². The summed E-state index contributed by atoms with van der Waals surface area (Å²) in [5.74, 6) is -0.498. The molecular weight excluding hydrogens is 399 g/mol. The molecule has 7 heteroatoms. The Balaban J connectivity index is 0.000000522. The maximum absolute atomic E-state index is 11.6. The van der Waals surface area contributed by atoms with E-state index in [-0.39, 0.29) is 11.9 Å². The van der Waals surface area contributed by atoms with Crippen molar-refractivity contribution in [3.63, 3.8) is 0 Å². The summed E-state index contributed by atoms with van der Waals surface area (Å²) in [6, 6.07) is 18.6. The van der Waals surface area contributed by atoms with Crippen molar-refractivity contribution >= 4 is 46.7 Å². The third-order valence-corrected chi connectivity index (χ3v) is 2.57. The Hall–Kier alpha value is -1.75. The van der Waals surface area contributed by atoms with Gasteiger partial charge in [-0.3, -0.25) is 4.79 Å². The molecule has 0 atom stereocenters. The number of carbonyl (C=O) groups is 2. The first-order chi connectivity index (χ1) is 12.4. The van der Waals surface area contributed by atoms with E-state index in [0.717, 1.165) is 5.56 Å². The van der Waals surface area contributed by atoms with Crippen LogP contribution in [0.15, 0.2) is 60.7 Å². The van der Waals surface area contributed by atoms with Crippen molar-refractivity contribution in [2.75, 3.05) is 6.61 Å². The second-order valence-electron chi connectivity index (χ2n) is 4.60. The highest BCUT2D eigenvalue weighted by Crippen LogP contribution is 2.05. The molecule has 0 radical (unpaired) electrons. The zero-order valence-corrected chi connectivity index (χ0v) is 16.8. The average molecular weight is 420 g/mol. The van der Waals surface area contributed by atoms with Gasteiger partial charge in [0.15, 0.2) is 4.30 Å². The van der Waals surface area contributed by atoms with Crippen LogP contribution < -0.4 is 0 Å². The van der Waals surface area contributed by atoms with E-state index >= 15 is 0 Å². The minimum atomic E-state index is -0.750. The van der Waals surface area contributed by atoms with E-state index in [9.17, 15) is 9.59 Å². The van der Waals surface area contributed by atoms with Crippen molar-refractivity contribution < 1.29 is 19.1 Å². The number of hydrogen-bond donors (Lipinski definition) is 0. The lowest BCUT2D eigenvalue weighted by molar-refractivity contribution is -0.140. The largest absolute Gasteiger partial charge is 0.466 e. The van der Waals surface area contributed by atoms with Gasteiger partial charge in [-0.05, 0) is 24.6 Å². The number of carbonyl (C=O) groups excluding carboxylic acids is 2. The Morgan fingerprint density at radius 1 is 0.885 bits per heavy atom. The summed E-state index contributed by atoms with van der Waals surface area (Å²) in [6.45, 7) is 3.97. The van der Waals surface area contributed by atoms with Gasteiger partial charge in [0.1, 0.15) is 6.61 Å². The second-order valence-corrected chi connectivity index (χ2v) is 6.58. The van der Waals surface area contributed by atoms with Crippen LogP contribution in [0.3, 0.4) is 0 Å². The van der Waals surface area contributed by atoms with Gasteiger partial charge >= 0.3 is 11.9 Å². The molecule has 0 spiro atoms. The third-order valence-electron chi connectivity index (χ3n) is 2.57. The van der Waals surface area contributed by atoms with Crippen LogP contribution in [0.25, 0.3) is 0 Å². The molecule has 26 heavy (non-hydrogen) atoms. The highest BCUT2D eigenvalue weighted by molar-refractivity contribution is 6.63. The van der Waals surface area contributed by atoms with Crippen LogP contribution in [0, 0.1) is 0 Å². The standard InChI is InChI=1S/C14H12O2.C4H8O2.CHCl3/c15-14(13-9-5-2-6-10-13)16-11-12-7-3-1-4-8-12;1-3-6-4(2)5;2-1(3)4/h1-10H,11H2;3H2,1-2H3;1H. The Morgan fingerprint density at radius 3 is 1.73 bits per heavy atom. The summed E-state index contributed by atoms with van der Waals surface area (Å²) >= 11 is 14.4. The van der Waals surface area contributed by atoms with E-state index in [0.29, 0.717) is 18.8 Å². The topological polar surface area (TPSA) is 52.6 Å². The first-order valence-electron chi connectivity index (χ1n) is 7.68. The van der Waals surface area contributed by atoms with E-state index in [2.05, 4.69) is 4.74 Å². The smallest absolute Gasteiger partial charge is 0.338 e. The normalized spacial score (nSPS) is 9.15. The van der Waals surface area contributed by atoms with Crippen molar-refractivity contribution in [3.8, 4) is 0 Å². The van der Waals surface area contributed by atoms with Crippen LogP contribution in [0.1, 0.15) is 29.8 Å². The van der Waals surface area contributed by atoms with Crippen LogP contribution in [0.5, 0.6) is 0 Å². The fourth-order valence-corrected chi connectivity index (χ4v) is 1.58. The van der Waals surface area contributed by atoms with Gasteiger partial charge in [-0.15, -0.1) is 0 Å². The van der Waals surface area contributed by atoms with Gasteiger partial charge in [0, 0.05) is 6.92 Å². The zero-order chi connectivity index (χ0) is 19.8. The molecule has 142 valence electrons. The molecule has 0 saturated carbocycles. The van der Waals surface area contributed by atoms with Crippen molar-refractivity contribution in [3.05, 3.63) is 71.8 Å². The van der Waals surface area contributed by atoms with E-state index in [1.807, 2.05) is 48.5 Å². The van der Waals surface area contributed by atoms with E-state index in [4.69, 9.17) is 39.5 Å². The van der Waals surface area contributed by atoms with E-state index in [1.165, 1.54) is 6.92 Å². The monoisotopic (exact) mass is 418 g/mol. The molecule has 2 aromatic carbocycles. The molecule has 2 aromatic rings. The summed E-state index contributed by atoms with van der Waals surface area (Å²) in [6.07, 6.45) is 0. The Labute approximate surface area is 169 Å². The zero-order valence-electron chi connectivity index (χ0n) is 14.5. The van der Waals surface area contributed by atoms with Gasteiger partial charge in [-0.25, -0.2) is 4.79 Å². The molecule has 4 nitrogen and oxygen atoms in total. The van der Waals surface area contributed by atoms with Crippen molar-refractivity contribution in [2.45, 2.75) is 24.7 Å². The lowest BCUT2D eigenvalue weighted by atomic mass is 10.2. The fourth-order valence-electron chi connectivity index (χ4n) is 1.58. The predicted octanol–water partition coefficient (Wildman–Crippen LogP) is 5.60. The third kappa shape index (κ3) is 14.6. The van der Waals surface area contributed by atoms with Gasteiger partial charge in [-0.2, -0.15) is 0 Å². The van der Waals surface area contributed by atoms with Crippen molar-refractivity contribution in [1.82, 2.24) is 0 Å². The predicted molar refractivity (Wildman–Crippen MR) is 106 cm³/mol. The number of alkyl halides is 3. The summed E-state index contributed by atoms with van der Waals surface area (Å²) in [5, 5.41) is 0. The van der Waals surface area contributed by atoms with Crippen molar-refractivity contribution in [1.29, 1.82) is 0 Å². The van der Waals surface area contributed by atoms with Gasteiger partial charge < -0.3 is 9.47 Å². The minimum absolute atomic E-state index is 0.211. The number of halogens is 3. The Kier molecular flexibility index (Phi) is 14.5. The Morgan fingerprint density at radius 2 is 1.35 bits per heavy atom. The molecule has 0 unspecified atom stereocenters. The fraction of sp³-hybridized carbons (Fsp3) is 0.263. The number of rotatable bonds is 4. The van der Waals surface area contributed by atoms with Crippen LogP contribution in [0.4, 0.5) is 0 Å². The van der Waals surface area contributed by atoms with Crippen LogP contribution in [-0.2, 0) is 20.9 Å². The molecule has 0 aliphatic heterocycles. The van der Waals surface area contributed by atoms with Gasteiger partial charge in [0.25, 0.3) is 0 Å². The number of benzene rings is 2. The van der Waals surface area contributed by atoms with Crippen LogP contribution >= 0.6 is 34.8 Å². The van der Waals surface area contributed by atoms with Crippen LogP contribution in [0.2, 0.25) is 0 Å². The minimum Gasteiger partial charge on any atom is -0.466 e. The summed E-state index contributed by atoms with van der Waals surface area (Å²) in [4.78, 5) is 21.4. The average Bonchev–Trinajstić information content (AvgIpc) is 2.61. The number of hydrogen-bond acceptors (Lipinski definition) is 4. The molecule has 0 aliphatic carbocycles. The lowest BCUT2D eigenvalue weighted by Crippen LogP contribution is -2.04. The Bertz CT molecular complexity index is 616. The molecule has 0 aliphatic rings. The van der Waals surface area contributed by atoms with Crippen molar-refractivity contribution in [2.24, 2.45) is 0 Å². The maximum Gasteiger partial charge on any atom is 0.338 e. The highest BCUT2D eigenvalue weighted by atomic mass is 35.6. The molecule has 2 rings (SSSR count). The summed E-state index contributed by atoms with van der Waals surface area (Å²) < 4.78 is 8.83. The van der Waals surface area contributed by atoms with Gasteiger partial charge in [0.05, 0.1) is 12.2 Å². The number of ether oxygens (including phenoxy) is 2. The SMILES string of the molecule is CCOC(C)=O.ClC(Cl)Cl.O=C(OCc1ccccc1)c1ccccc1. The number of esters is 2. The van der Waals surface area contributed by atoms with Gasteiger partial charge in [0.2, 0.25) is 0 Å². The first-order valence-corrected chi connectivity index (χ1v) is 8.99. The summed E-state index contributed by atoms with van der Waals surface area (Å²) in [5.41, 5.74) is 1.57. The quantitative estimate of drug-likeness (QED) is 0.478. The molecule has 0 aromatic heterocycles. The summed E-state index contributed by atoms with van der Waals surface area (Å²) in [7, 11) is 0. The lowest BCUT2D eigenvalue weighted by Gasteiger charge is -2.04. The first kappa shape index (κ1) is 24.2. The highest BCUT2D eigenvalue weighted by Gasteiger charge is 2.05. The van der Waals surface area contributed by atoms with E-state index in [1.54, 1.807) is 19.1 Å². The molecule has 0 fully saturated rings. The van der Waals surface area contributed by atoms with Gasteiger partial charge in [-0.1, -0.05) is 83.3 Å². The molecule has 0 bridgehead atoms. The molecule has 0 N–H and O–H groups in total. The maximum atomic E-state index is 11.6. The second kappa shape index (κ2) is 15.5. The molecular formula is C19H21Cl3O4. The van der Waals surface area contributed by atoms with E-state index < -0.39 is 4.30 Å². The molecule has 0 amide bonds. The molecule has 0 heterocycles.